The molecule has 0 saturated carbocycles. The number of esters is 1. The van der Waals surface area contributed by atoms with Crippen molar-refractivity contribution in [3.63, 3.8) is 0 Å². The average Bonchev–Trinajstić information content (AvgIpc) is 3.33. The molecule has 0 bridgehead atoms. The van der Waals surface area contributed by atoms with Gasteiger partial charge in [-0.3, -0.25) is 9.89 Å². The second-order valence-electron chi connectivity index (χ2n) is 6.51. The van der Waals surface area contributed by atoms with E-state index in [1.807, 2.05) is 18.2 Å². The number of carbonyl (C=O) groups excluding carboxylic acids is 2. The Balaban J connectivity index is 1.31. The van der Waals surface area contributed by atoms with Crippen LogP contribution in [-0.2, 0) is 5.75 Å². The van der Waals surface area contributed by atoms with Gasteiger partial charge in [0, 0.05) is 17.0 Å². The standard InChI is InChI=1S/C23H18N4O3S/c28-21(17-4-2-1-3-5-17)26-19-10-12-20(13-11-19)30-22(29)18-8-6-16(7-9-18)14-31-23-24-15-25-27-23/h1-13,15H,14H2,(H,26,28)(H,24,25,27). The van der Waals surface area contributed by atoms with Gasteiger partial charge in [-0.15, -0.1) is 0 Å². The Labute approximate surface area is 182 Å². The molecule has 8 heteroatoms. The number of hydrogen-bond acceptors (Lipinski definition) is 6. The maximum Gasteiger partial charge on any atom is 0.343 e. The molecule has 0 spiro atoms. The lowest BCUT2D eigenvalue weighted by Gasteiger charge is -2.08. The minimum absolute atomic E-state index is 0.202. The number of nitrogens with one attached hydrogen (secondary N) is 2. The summed E-state index contributed by atoms with van der Waals surface area (Å²) >= 11 is 1.53. The van der Waals surface area contributed by atoms with Gasteiger partial charge in [0.2, 0.25) is 0 Å². The normalized spacial score (nSPS) is 10.5. The fourth-order valence-corrected chi connectivity index (χ4v) is 3.45. The molecule has 7 nitrogen and oxygen atoms in total. The van der Waals surface area contributed by atoms with E-state index < -0.39 is 5.97 Å². The summed E-state index contributed by atoms with van der Waals surface area (Å²) in [4.78, 5) is 28.7. The number of anilines is 1. The Bertz CT molecular complexity index is 1150. The van der Waals surface area contributed by atoms with Crippen LogP contribution in [0.3, 0.4) is 0 Å². The molecule has 154 valence electrons. The SMILES string of the molecule is O=C(Nc1ccc(OC(=O)c2ccc(CSc3ncn[nH]3)cc2)cc1)c1ccccc1. The van der Waals surface area contributed by atoms with Crippen molar-refractivity contribution < 1.29 is 14.3 Å². The fraction of sp³-hybridized carbons (Fsp3) is 0.0435. The minimum atomic E-state index is -0.449. The highest BCUT2D eigenvalue weighted by atomic mass is 32.2. The highest BCUT2D eigenvalue weighted by Crippen LogP contribution is 2.20. The molecule has 0 fully saturated rings. The van der Waals surface area contributed by atoms with Crippen molar-refractivity contribution >= 4 is 29.3 Å². The number of thioether (sulfide) groups is 1. The third kappa shape index (κ3) is 5.58. The number of ether oxygens (including phenoxy) is 1. The Morgan fingerprint density at radius 2 is 1.65 bits per heavy atom. The lowest BCUT2D eigenvalue weighted by molar-refractivity contribution is 0.0734. The van der Waals surface area contributed by atoms with E-state index in [2.05, 4.69) is 20.5 Å². The number of aromatic nitrogens is 3. The van der Waals surface area contributed by atoms with Gasteiger partial charge in [-0.2, -0.15) is 5.10 Å². The third-order valence-electron chi connectivity index (χ3n) is 4.32. The van der Waals surface area contributed by atoms with Crippen molar-refractivity contribution in [2.24, 2.45) is 0 Å². The molecule has 4 rings (SSSR count). The van der Waals surface area contributed by atoms with E-state index in [9.17, 15) is 9.59 Å². The van der Waals surface area contributed by atoms with Crippen LogP contribution < -0.4 is 10.1 Å². The largest absolute Gasteiger partial charge is 0.423 e. The summed E-state index contributed by atoms with van der Waals surface area (Å²) in [6, 6.07) is 22.8. The molecule has 0 unspecified atom stereocenters. The van der Waals surface area contributed by atoms with E-state index in [0.717, 1.165) is 10.7 Å². The second-order valence-corrected chi connectivity index (χ2v) is 7.47. The molecule has 0 aliphatic rings. The maximum absolute atomic E-state index is 12.4. The van der Waals surface area contributed by atoms with E-state index in [4.69, 9.17) is 4.74 Å². The van der Waals surface area contributed by atoms with Crippen LogP contribution in [0.2, 0.25) is 0 Å². The number of amides is 1. The zero-order valence-electron chi connectivity index (χ0n) is 16.3. The van der Waals surface area contributed by atoms with Gasteiger partial charge in [0.05, 0.1) is 5.56 Å². The summed E-state index contributed by atoms with van der Waals surface area (Å²) in [6.07, 6.45) is 1.46. The van der Waals surface area contributed by atoms with Gasteiger partial charge in [0.15, 0.2) is 5.16 Å². The highest BCUT2D eigenvalue weighted by molar-refractivity contribution is 7.98. The Kier molecular flexibility index (Phi) is 6.39. The van der Waals surface area contributed by atoms with Crippen molar-refractivity contribution in [2.75, 3.05) is 5.32 Å². The van der Waals surface area contributed by atoms with Gasteiger partial charge < -0.3 is 10.1 Å². The molecule has 2 N–H and O–H groups in total. The summed E-state index contributed by atoms with van der Waals surface area (Å²) in [5, 5.41) is 10.1. The van der Waals surface area contributed by atoms with Gasteiger partial charge in [-0.1, -0.05) is 42.1 Å². The predicted molar refractivity (Wildman–Crippen MR) is 118 cm³/mol. The number of aromatic amines is 1. The fourth-order valence-electron chi connectivity index (χ4n) is 2.72. The van der Waals surface area contributed by atoms with Crippen molar-refractivity contribution in [3.05, 3.63) is 102 Å². The van der Waals surface area contributed by atoms with Crippen LogP contribution in [-0.4, -0.2) is 27.1 Å². The van der Waals surface area contributed by atoms with E-state index >= 15 is 0 Å². The molecule has 0 atom stereocenters. The van der Waals surface area contributed by atoms with Crippen LogP contribution >= 0.6 is 11.8 Å². The first-order valence-electron chi connectivity index (χ1n) is 9.43. The van der Waals surface area contributed by atoms with E-state index in [1.165, 1.54) is 18.1 Å². The van der Waals surface area contributed by atoms with Crippen LogP contribution in [0.25, 0.3) is 0 Å². The highest BCUT2D eigenvalue weighted by Gasteiger charge is 2.10. The van der Waals surface area contributed by atoms with Gasteiger partial charge in [0.1, 0.15) is 12.1 Å². The van der Waals surface area contributed by atoms with Gasteiger partial charge in [-0.05, 0) is 54.1 Å². The number of H-pyrrole nitrogens is 1. The molecule has 0 aliphatic carbocycles. The quantitative estimate of drug-likeness (QED) is 0.253. The number of benzene rings is 3. The zero-order chi connectivity index (χ0) is 21.5. The summed E-state index contributed by atoms with van der Waals surface area (Å²) in [5.74, 6) is 0.454. The second kappa shape index (κ2) is 9.73. The van der Waals surface area contributed by atoms with Crippen molar-refractivity contribution in [2.45, 2.75) is 10.9 Å². The molecular formula is C23H18N4O3S. The first-order chi connectivity index (χ1) is 15.2. The summed E-state index contributed by atoms with van der Waals surface area (Å²) in [5.41, 5.74) is 2.69. The maximum atomic E-state index is 12.4. The van der Waals surface area contributed by atoms with Gasteiger partial charge in [-0.25, -0.2) is 9.78 Å². The lowest BCUT2D eigenvalue weighted by Crippen LogP contribution is -2.12. The summed E-state index contributed by atoms with van der Waals surface area (Å²) < 4.78 is 5.42. The van der Waals surface area contributed by atoms with Crippen LogP contribution in [0.5, 0.6) is 5.75 Å². The zero-order valence-corrected chi connectivity index (χ0v) is 17.1. The molecule has 1 heterocycles. The molecule has 1 aromatic heterocycles. The average molecular weight is 430 g/mol. The molecule has 0 saturated heterocycles. The smallest absolute Gasteiger partial charge is 0.343 e. The predicted octanol–water partition coefficient (Wildman–Crippen LogP) is 4.57. The first kappa shape index (κ1) is 20.4. The van der Waals surface area contributed by atoms with Crippen molar-refractivity contribution in [3.8, 4) is 5.75 Å². The number of hydrogen-bond donors (Lipinski definition) is 2. The topological polar surface area (TPSA) is 97.0 Å². The Morgan fingerprint density at radius 1 is 0.903 bits per heavy atom. The van der Waals surface area contributed by atoms with Crippen LogP contribution in [0.4, 0.5) is 5.69 Å². The molecule has 0 radical (unpaired) electrons. The minimum Gasteiger partial charge on any atom is -0.423 e. The van der Waals surface area contributed by atoms with E-state index in [0.29, 0.717) is 28.3 Å². The van der Waals surface area contributed by atoms with Crippen molar-refractivity contribution in [1.29, 1.82) is 0 Å². The van der Waals surface area contributed by atoms with E-state index in [-0.39, 0.29) is 5.91 Å². The molecule has 31 heavy (non-hydrogen) atoms. The van der Waals surface area contributed by atoms with E-state index in [1.54, 1.807) is 60.7 Å². The molecular weight excluding hydrogens is 412 g/mol. The molecule has 3 aromatic carbocycles. The first-order valence-corrected chi connectivity index (χ1v) is 10.4. The summed E-state index contributed by atoms with van der Waals surface area (Å²) in [7, 11) is 0. The number of carbonyl (C=O) groups is 2. The third-order valence-corrected chi connectivity index (χ3v) is 5.26. The monoisotopic (exact) mass is 430 g/mol. The molecule has 4 aromatic rings. The lowest BCUT2D eigenvalue weighted by atomic mass is 10.1. The summed E-state index contributed by atoms with van der Waals surface area (Å²) in [6.45, 7) is 0. The molecule has 1 amide bonds. The number of nitrogens with zero attached hydrogens (tertiary/aromatic N) is 2. The van der Waals surface area contributed by atoms with Crippen LogP contribution in [0.1, 0.15) is 26.3 Å². The number of rotatable bonds is 7. The van der Waals surface area contributed by atoms with Crippen molar-refractivity contribution in [1.82, 2.24) is 15.2 Å². The molecule has 0 aliphatic heterocycles. The van der Waals surface area contributed by atoms with Crippen LogP contribution in [0, 0.1) is 0 Å². The Morgan fingerprint density at radius 3 is 2.32 bits per heavy atom. The Hall–Kier alpha value is -3.91. The van der Waals surface area contributed by atoms with Gasteiger partial charge >= 0.3 is 5.97 Å². The van der Waals surface area contributed by atoms with Gasteiger partial charge in [0.25, 0.3) is 5.91 Å². The van der Waals surface area contributed by atoms with Crippen LogP contribution in [0.15, 0.2) is 90.3 Å².